The molecule has 1 N–H and O–H groups in total. The summed E-state index contributed by atoms with van der Waals surface area (Å²) in [6.45, 7) is 2.02. The molecule has 2 aromatic carbocycles. The third-order valence-electron chi connectivity index (χ3n) is 3.22. The molecule has 0 amide bonds. The third kappa shape index (κ3) is 2.27. The van der Waals surface area contributed by atoms with Gasteiger partial charge in [-0.3, -0.25) is 0 Å². The lowest BCUT2D eigenvalue weighted by Crippen LogP contribution is -2.09. The van der Waals surface area contributed by atoms with Gasteiger partial charge in [0.15, 0.2) is 11.5 Å². The zero-order valence-electron chi connectivity index (χ0n) is 10.8. The van der Waals surface area contributed by atoms with Crippen LogP contribution in [0.5, 0.6) is 11.5 Å². The quantitative estimate of drug-likeness (QED) is 0.924. The van der Waals surface area contributed by atoms with E-state index in [9.17, 15) is 8.78 Å². The van der Waals surface area contributed by atoms with Crippen molar-refractivity contribution in [3.63, 3.8) is 0 Å². The first-order valence-electron chi connectivity index (χ1n) is 6.25. The summed E-state index contributed by atoms with van der Waals surface area (Å²) in [5.41, 5.74) is 0.731. The molecule has 20 heavy (non-hydrogen) atoms. The number of hydrogen-bond acceptors (Lipinski definition) is 3. The van der Waals surface area contributed by atoms with Gasteiger partial charge in [-0.2, -0.15) is 0 Å². The Morgan fingerprint density at radius 3 is 2.50 bits per heavy atom. The third-order valence-corrected chi connectivity index (χ3v) is 3.22. The zero-order valence-corrected chi connectivity index (χ0v) is 10.8. The molecule has 2 aromatic rings. The number of anilines is 1. The van der Waals surface area contributed by atoms with Crippen molar-refractivity contribution in [1.29, 1.82) is 0 Å². The average molecular weight is 277 g/mol. The highest BCUT2D eigenvalue weighted by atomic mass is 19.1. The molecule has 1 atom stereocenters. The van der Waals surface area contributed by atoms with Crippen LogP contribution < -0.4 is 14.8 Å². The van der Waals surface area contributed by atoms with Crippen molar-refractivity contribution >= 4 is 5.69 Å². The van der Waals surface area contributed by atoms with Crippen molar-refractivity contribution < 1.29 is 18.3 Å². The Kier molecular flexibility index (Phi) is 3.18. The summed E-state index contributed by atoms with van der Waals surface area (Å²) in [5.74, 6) is 0.0957. The van der Waals surface area contributed by atoms with Gasteiger partial charge in [-0.05, 0) is 36.8 Å². The second kappa shape index (κ2) is 5.00. The molecule has 1 aliphatic rings. The maximum atomic E-state index is 13.6. The van der Waals surface area contributed by atoms with Gasteiger partial charge in [0.25, 0.3) is 0 Å². The molecule has 0 aromatic heterocycles. The van der Waals surface area contributed by atoms with Crippen LogP contribution in [0.4, 0.5) is 14.5 Å². The average Bonchev–Trinajstić information content (AvgIpc) is 2.90. The highest BCUT2D eigenvalue weighted by Crippen LogP contribution is 2.35. The van der Waals surface area contributed by atoms with E-state index >= 15 is 0 Å². The van der Waals surface area contributed by atoms with Gasteiger partial charge in [-0.25, -0.2) is 8.78 Å². The predicted molar refractivity (Wildman–Crippen MR) is 71.0 cm³/mol. The molecule has 3 rings (SSSR count). The molecule has 1 unspecified atom stereocenters. The number of fused-ring (bicyclic) bond motifs is 1. The summed E-state index contributed by atoms with van der Waals surface area (Å²) >= 11 is 0. The minimum atomic E-state index is -0.613. The number of rotatable bonds is 3. The number of para-hydroxylation sites is 1. The van der Waals surface area contributed by atoms with E-state index < -0.39 is 11.6 Å². The van der Waals surface area contributed by atoms with Crippen molar-refractivity contribution in [3.05, 3.63) is 53.6 Å². The summed E-state index contributed by atoms with van der Waals surface area (Å²) in [5, 5.41) is 2.84. The lowest BCUT2D eigenvalue weighted by molar-refractivity contribution is 0.174. The number of halogens is 2. The van der Waals surface area contributed by atoms with Crippen molar-refractivity contribution in [2.45, 2.75) is 13.0 Å². The molecule has 0 fully saturated rings. The van der Waals surface area contributed by atoms with Crippen LogP contribution in [0.15, 0.2) is 36.4 Å². The van der Waals surface area contributed by atoms with Gasteiger partial charge in [-0.1, -0.05) is 12.1 Å². The Labute approximate surface area is 115 Å². The van der Waals surface area contributed by atoms with E-state index in [1.807, 2.05) is 13.0 Å². The molecule has 1 aliphatic heterocycles. The molecule has 0 radical (unpaired) electrons. The molecule has 0 saturated heterocycles. The molecular formula is C15H13F2NO2. The minimum absolute atomic E-state index is 0.127. The first kappa shape index (κ1) is 12.7. The van der Waals surface area contributed by atoms with E-state index in [4.69, 9.17) is 9.47 Å². The fourth-order valence-electron chi connectivity index (χ4n) is 2.12. The molecule has 0 spiro atoms. The van der Waals surface area contributed by atoms with Crippen LogP contribution in [0.25, 0.3) is 0 Å². The Morgan fingerprint density at radius 1 is 1.05 bits per heavy atom. The molecule has 0 bridgehead atoms. The molecule has 0 saturated carbocycles. The van der Waals surface area contributed by atoms with E-state index in [0.29, 0.717) is 11.5 Å². The molecular weight excluding hydrogens is 264 g/mol. The van der Waals surface area contributed by atoms with Gasteiger partial charge in [0.1, 0.15) is 17.3 Å². The highest BCUT2D eigenvalue weighted by Gasteiger charge is 2.17. The fourth-order valence-corrected chi connectivity index (χ4v) is 2.12. The normalized spacial score (nSPS) is 14.2. The number of ether oxygens (including phenoxy) is 2. The summed E-state index contributed by atoms with van der Waals surface area (Å²) in [7, 11) is 0. The van der Waals surface area contributed by atoms with Crippen LogP contribution >= 0.6 is 0 Å². The van der Waals surface area contributed by atoms with E-state index in [1.165, 1.54) is 18.2 Å². The Bertz CT molecular complexity index is 626. The van der Waals surface area contributed by atoms with Gasteiger partial charge in [0, 0.05) is 6.04 Å². The molecule has 104 valence electrons. The van der Waals surface area contributed by atoms with Gasteiger partial charge < -0.3 is 14.8 Å². The van der Waals surface area contributed by atoms with Crippen LogP contribution in [0.2, 0.25) is 0 Å². The van der Waals surface area contributed by atoms with E-state index in [1.54, 1.807) is 12.1 Å². The minimum Gasteiger partial charge on any atom is -0.454 e. The summed E-state index contributed by atoms with van der Waals surface area (Å²) < 4.78 is 37.7. The van der Waals surface area contributed by atoms with Crippen molar-refractivity contribution in [1.82, 2.24) is 0 Å². The number of nitrogens with one attached hydrogen (secondary N) is 1. The topological polar surface area (TPSA) is 30.5 Å². The van der Waals surface area contributed by atoms with Gasteiger partial charge in [0.2, 0.25) is 6.79 Å². The summed E-state index contributed by atoms with van der Waals surface area (Å²) in [6, 6.07) is 8.93. The van der Waals surface area contributed by atoms with Crippen LogP contribution in [0.3, 0.4) is 0 Å². The smallest absolute Gasteiger partial charge is 0.231 e. The second-order valence-corrected chi connectivity index (χ2v) is 4.58. The fraction of sp³-hybridized carbons (Fsp3) is 0.200. The standard InChI is InChI=1S/C15H13F2NO2/c1-9(18-15-11(16)3-2-4-12(15)17)10-5-6-13-14(7-10)20-8-19-13/h2-7,9,18H,8H2,1H3. The maximum absolute atomic E-state index is 13.6. The monoisotopic (exact) mass is 277 g/mol. The number of benzene rings is 2. The van der Waals surface area contributed by atoms with Crippen LogP contribution in [0.1, 0.15) is 18.5 Å². The summed E-state index contributed by atoms with van der Waals surface area (Å²) in [6.07, 6.45) is 0. The Balaban J connectivity index is 1.84. The number of hydrogen-bond donors (Lipinski definition) is 1. The highest BCUT2D eigenvalue weighted by molar-refractivity contribution is 5.50. The van der Waals surface area contributed by atoms with Crippen molar-refractivity contribution in [2.24, 2.45) is 0 Å². The first-order valence-corrected chi connectivity index (χ1v) is 6.25. The lowest BCUT2D eigenvalue weighted by atomic mass is 10.1. The Hall–Kier alpha value is -2.30. The second-order valence-electron chi connectivity index (χ2n) is 4.58. The van der Waals surface area contributed by atoms with Gasteiger partial charge in [0.05, 0.1) is 0 Å². The SMILES string of the molecule is CC(Nc1c(F)cccc1F)c1ccc2c(c1)OCO2. The summed E-state index contributed by atoms with van der Waals surface area (Å²) in [4.78, 5) is 0. The van der Waals surface area contributed by atoms with E-state index in [-0.39, 0.29) is 18.5 Å². The Morgan fingerprint density at radius 2 is 1.75 bits per heavy atom. The largest absolute Gasteiger partial charge is 0.454 e. The molecule has 3 nitrogen and oxygen atoms in total. The van der Waals surface area contributed by atoms with E-state index in [0.717, 1.165) is 5.56 Å². The molecule has 0 aliphatic carbocycles. The predicted octanol–water partition coefficient (Wildman–Crippen LogP) is 3.87. The van der Waals surface area contributed by atoms with Crippen LogP contribution in [-0.2, 0) is 0 Å². The van der Waals surface area contributed by atoms with E-state index in [2.05, 4.69) is 5.32 Å². The lowest BCUT2D eigenvalue weighted by Gasteiger charge is -2.17. The van der Waals surface area contributed by atoms with Crippen molar-refractivity contribution in [3.8, 4) is 11.5 Å². The van der Waals surface area contributed by atoms with Gasteiger partial charge in [-0.15, -0.1) is 0 Å². The van der Waals surface area contributed by atoms with Crippen LogP contribution in [-0.4, -0.2) is 6.79 Å². The molecule has 1 heterocycles. The van der Waals surface area contributed by atoms with Crippen LogP contribution in [0, 0.1) is 11.6 Å². The first-order chi connectivity index (χ1) is 9.65. The van der Waals surface area contributed by atoms with Crippen molar-refractivity contribution in [2.75, 3.05) is 12.1 Å². The van der Waals surface area contributed by atoms with Gasteiger partial charge >= 0.3 is 0 Å². The zero-order chi connectivity index (χ0) is 14.1. The maximum Gasteiger partial charge on any atom is 0.231 e. The molecule has 5 heteroatoms.